The van der Waals surface area contributed by atoms with Crippen LogP contribution < -0.4 is 4.74 Å². The van der Waals surface area contributed by atoms with E-state index in [9.17, 15) is 4.57 Å². The molecule has 4 atom stereocenters. The summed E-state index contributed by atoms with van der Waals surface area (Å²) in [7, 11) is 6.02. The molecular formula is C26H41N2O3P. The highest BCUT2D eigenvalue weighted by atomic mass is 31.2. The van der Waals surface area contributed by atoms with Crippen LogP contribution in [0.2, 0.25) is 0 Å². The highest BCUT2D eigenvalue weighted by Crippen LogP contribution is 2.70. The first-order valence-electron chi connectivity index (χ1n) is 12.0. The van der Waals surface area contributed by atoms with Gasteiger partial charge in [-0.3, -0.25) is 0 Å². The fraction of sp³-hybridized carbons (Fsp3) is 0.692. The molecule has 3 aliphatic carbocycles. The number of rotatable bonds is 5. The van der Waals surface area contributed by atoms with Crippen molar-refractivity contribution in [2.45, 2.75) is 64.7 Å². The molecule has 0 saturated heterocycles. The molecule has 0 radical (unpaired) electrons. The fourth-order valence-electron chi connectivity index (χ4n) is 7.15. The van der Waals surface area contributed by atoms with Gasteiger partial charge < -0.3 is 9.26 Å². The Morgan fingerprint density at radius 2 is 1.72 bits per heavy atom. The van der Waals surface area contributed by atoms with Gasteiger partial charge in [-0.15, -0.1) is 0 Å². The van der Waals surface area contributed by atoms with E-state index in [1.165, 1.54) is 17.5 Å². The molecule has 32 heavy (non-hydrogen) atoms. The van der Waals surface area contributed by atoms with Crippen LogP contribution in [0.4, 0.5) is 0 Å². The maximum Gasteiger partial charge on any atom is 0.394 e. The summed E-state index contributed by atoms with van der Waals surface area (Å²) in [6, 6.07) is 6.68. The van der Waals surface area contributed by atoms with Gasteiger partial charge in [0.2, 0.25) is 0 Å². The van der Waals surface area contributed by atoms with Gasteiger partial charge in [0.25, 0.3) is 0 Å². The molecule has 1 aromatic carbocycles. The van der Waals surface area contributed by atoms with Crippen LogP contribution in [0, 0.1) is 16.7 Å². The average molecular weight is 461 g/mol. The number of hydrogen-bond acceptors (Lipinski definition) is 3. The van der Waals surface area contributed by atoms with E-state index in [4.69, 9.17) is 9.26 Å². The molecule has 0 aliphatic heterocycles. The molecule has 0 amide bonds. The lowest BCUT2D eigenvalue weighted by Crippen LogP contribution is -2.58. The fourth-order valence-corrected chi connectivity index (χ4v) is 8.72. The summed E-state index contributed by atoms with van der Waals surface area (Å²) in [5, 5.41) is 0. The predicted octanol–water partition coefficient (Wildman–Crippen LogP) is 6.25. The molecule has 1 aromatic rings. The second-order valence-electron chi connectivity index (χ2n) is 11.2. The molecule has 1 fully saturated rings. The topological polar surface area (TPSA) is 42.0 Å². The molecule has 0 heterocycles. The van der Waals surface area contributed by atoms with E-state index in [2.05, 4.69) is 45.0 Å². The quantitative estimate of drug-likeness (QED) is 0.486. The lowest BCUT2D eigenvalue weighted by atomic mass is 9.40. The van der Waals surface area contributed by atoms with E-state index in [1.807, 2.05) is 28.2 Å². The van der Waals surface area contributed by atoms with Crippen LogP contribution in [0.5, 0.6) is 5.75 Å². The summed E-state index contributed by atoms with van der Waals surface area (Å²) in [4.78, 5) is 0. The van der Waals surface area contributed by atoms with Crippen molar-refractivity contribution in [2.24, 2.45) is 16.7 Å². The van der Waals surface area contributed by atoms with Crippen LogP contribution in [0.3, 0.4) is 0 Å². The average Bonchev–Trinajstić information content (AvgIpc) is 2.74. The molecule has 6 heteroatoms. The molecule has 178 valence electrons. The zero-order chi connectivity index (χ0) is 23.5. The minimum absolute atomic E-state index is 0.0884. The molecule has 4 rings (SSSR count). The van der Waals surface area contributed by atoms with E-state index in [0.29, 0.717) is 5.92 Å². The third kappa shape index (κ3) is 3.22. The predicted molar refractivity (Wildman–Crippen MR) is 131 cm³/mol. The van der Waals surface area contributed by atoms with Gasteiger partial charge in [0.15, 0.2) is 0 Å². The van der Waals surface area contributed by atoms with Gasteiger partial charge in [-0.1, -0.05) is 26.8 Å². The molecule has 0 spiro atoms. The maximum absolute atomic E-state index is 13.7. The molecule has 0 aromatic heterocycles. The number of aryl methyl sites for hydroxylation is 1. The monoisotopic (exact) mass is 460 g/mol. The Kier molecular flexibility index (Phi) is 5.88. The third-order valence-corrected chi connectivity index (χ3v) is 11.8. The lowest BCUT2D eigenvalue weighted by Gasteiger charge is -2.64. The molecule has 1 saturated carbocycles. The van der Waals surface area contributed by atoms with Crippen LogP contribution in [0.25, 0.3) is 0 Å². The van der Waals surface area contributed by atoms with Crippen molar-refractivity contribution in [3.05, 3.63) is 41.2 Å². The summed E-state index contributed by atoms with van der Waals surface area (Å²) in [5.74, 6) is 2.46. The molecule has 3 aliphatic rings. The largest absolute Gasteiger partial charge is 0.497 e. The van der Waals surface area contributed by atoms with E-state index in [0.717, 1.165) is 43.6 Å². The van der Waals surface area contributed by atoms with E-state index in [-0.39, 0.29) is 16.2 Å². The number of benzene rings is 1. The van der Waals surface area contributed by atoms with Crippen LogP contribution in [0.1, 0.15) is 64.0 Å². The summed E-state index contributed by atoms with van der Waals surface area (Å²) < 4.78 is 29.2. The van der Waals surface area contributed by atoms with Crippen molar-refractivity contribution in [2.75, 3.05) is 35.3 Å². The maximum atomic E-state index is 13.7. The minimum Gasteiger partial charge on any atom is -0.497 e. The van der Waals surface area contributed by atoms with E-state index >= 15 is 0 Å². The number of hydrogen-bond donors (Lipinski definition) is 0. The van der Waals surface area contributed by atoms with Crippen molar-refractivity contribution < 1.29 is 13.8 Å². The Bertz CT molecular complexity index is 962. The molecule has 0 unspecified atom stereocenters. The smallest absolute Gasteiger partial charge is 0.394 e. The van der Waals surface area contributed by atoms with Gasteiger partial charge >= 0.3 is 7.67 Å². The Hall–Kier alpha value is -1.29. The highest BCUT2D eigenvalue weighted by Gasteiger charge is 2.63. The van der Waals surface area contributed by atoms with Crippen molar-refractivity contribution in [1.82, 2.24) is 9.34 Å². The van der Waals surface area contributed by atoms with E-state index in [1.54, 1.807) is 16.5 Å². The van der Waals surface area contributed by atoms with Crippen molar-refractivity contribution in [3.8, 4) is 5.75 Å². The highest BCUT2D eigenvalue weighted by molar-refractivity contribution is 7.53. The van der Waals surface area contributed by atoms with Crippen molar-refractivity contribution >= 4 is 7.67 Å². The van der Waals surface area contributed by atoms with Gasteiger partial charge in [0.05, 0.1) is 7.11 Å². The molecule has 0 bridgehead atoms. The summed E-state index contributed by atoms with van der Waals surface area (Å²) in [6.45, 7) is 7.34. The number of ether oxygens (including phenoxy) is 1. The number of nitrogens with zero attached hydrogens (tertiary/aromatic N) is 2. The second kappa shape index (κ2) is 7.89. The first kappa shape index (κ1) is 23.9. The Morgan fingerprint density at radius 3 is 2.34 bits per heavy atom. The third-order valence-electron chi connectivity index (χ3n) is 9.34. The lowest BCUT2D eigenvalue weighted by molar-refractivity contribution is -0.0957. The number of methoxy groups -OCH3 is 1. The summed E-state index contributed by atoms with van der Waals surface area (Å²) in [5.41, 5.74) is 3.06. The van der Waals surface area contributed by atoms with Gasteiger partial charge in [0, 0.05) is 5.41 Å². The first-order valence-corrected chi connectivity index (χ1v) is 13.5. The van der Waals surface area contributed by atoms with Crippen molar-refractivity contribution in [1.29, 1.82) is 0 Å². The minimum atomic E-state index is -3.10. The van der Waals surface area contributed by atoms with Gasteiger partial charge in [-0.2, -0.15) is 0 Å². The molecular weight excluding hydrogens is 419 g/mol. The first-order chi connectivity index (χ1) is 14.9. The zero-order valence-electron chi connectivity index (χ0n) is 21.2. The summed E-state index contributed by atoms with van der Waals surface area (Å²) in [6.07, 6.45) is 8.76. The second-order valence-corrected chi connectivity index (χ2v) is 13.9. The molecule has 5 nitrogen and oxygen atoms in total. The Labute approximate surface area is 194 Å². The number of fused-ring (bicyclic) bond motifs is 5. The van der Waals surface area contributed by atoms with Gasteiger partial charge in [0.1, 0.15) is 11.5 Å². The van der Waals surface area contributed by atoms with Crippen LogP contribution in [-0.4, -0.2) is 44.6 Å². The van der Waals surface area contributed by atoms with Crippen LogP contribution in [0.15, 0.2) is 30.0 Å². The Balaban J connectivity index is 1.74. The normalized spacial score (nSPS) is 34.4. The van der Waals surface area contributed by atoms with Crippen LogP contribution in [-0.2, 0) is 20.9 Å². The molecule has 0 N–H and O–H groups in total. The summed E-state index contributed by atoms with van der Waals surface area (Å²) >= 11 is 0. The van der Waals surface area contributed by atoms with Gasteiger partial charge in [-0.05, 0) is 113 Å². The van der Waals surface area contributed by atoms with Crippen LogP contribution >= 0.6 is 7.67 Å². The Morgan fingerprint density at radius 1 is 1.03 bits per heavy atom. The number of allylic oxidation sites excluding steroid dienone is 2. The standard InChI is InChI=1S/C26H41N2O3P/c1-24-16-17-26(3)23(31-32(29,27(4)5)28(6)7)10-9-15-25(26,2)22(24)14-11-19-18-20(30-8)12-13-21(19)24/h10,12-13,18,22H,9,11,14-17H2,1-8H3/t22-,24-,25+,26-/m0/s1. The van der Waals surface area contributed by atoms with Gasteiger partial charge in [-0.25, -0.2) is 13.9 Å². The van der Waals surface area contributed by atoms with E-state index < -0.39 is 7.67 Å². The zero-order valence-corrected chi connectivity index (χ0v) is 22.1. The SMILES string of the molecule is COc1ccc2c(c1)CC[C@H]1[C@@]2(C)CC[C@@]2(C)C(OP(=O)(N(C)C)N(C)C)=CCC[C@]12C. The van der Waals surface area contributed by atoms with Crippen molar-refractivity contribution in [3.63, 3.8) is 0 Å².